The van der Waals surface area contributed by atoms with E-state index < -0.39 is 0 Å². The quantitative estimate of drug-likeness (QED) is 0.607. The molecule has 3 heteroatoms. The molecule has 1 aliphatic rings. The van der Waals surface area contributed by atoms with Crippen molar-refractivity contribution in [2.75, 3.05) is 0 Å². The van der Waals surface area contributed by atoms with Gasteiger partial charge in [0.15, 0.2) is 5.76 Å². The molecule has 0 spiro atoms. The minimum absolute atomic E-state index is 0.0164. The van der Waals surface area contributed by atoms with Crippen LogP contribution in [0.4, 0.5) is 0 Å². The van der Waals surface area contributed by atoms with Gasteiger partial charge in [-0.05, 0) is 25.3 Å². The molecule has 0 radical (unpaired) electrons. The van der Waals surface area contributed by atoms with E-state index in [1.165, 1.54) is 0 Å². The van der Waals surface area contributed by atoms with Crippen molar-refractivity contribution in [3.05, 3.63) is 35.6 Å². The van der Waals surface area contributed by atoms with Crippen molar-refractivity contribution in [3.63, 3.8) is 0 Å². The molecule has 0 aliphatic heterocycles. The number of hydrogen-bond donors (Lipinski definition) is 0. The van der Waals surface area contributed by atoms with Crippen molar-refractivity contribution in [1.82, 2.24) is 0 Å². The predicted octanol–water partition coefficient (Wildman–Crippen LogP) is 3.55. The lowest BCUT2D eigenvalue weighted by Crippen LogP contribution is -2.10. The van der Waals surface area contributed by atoms with Gasteiger partial charge >= 0.3 is 0 Å². The summed E-state index contributed by atoms with van der Waals surface area (Å²) in [5, 5.41) is 0.979. The average molecular weight is 256 g/mol. The maximum absolute atomic E-state index is 12.2. The molecule has 19 heavy (non-hydrogen) atoms. The van der Waals surface area contributed by atoms with Crippen LogP contribution in [0.25, 0.3) is 11.0 Å². The number of furan rings is 1. The number of Topliss-reactive ketones (excluding diaryl/α,β-unsaturated/α-hetero) is 2. The first-order valence-electron chi connectivity index (χ1n) is 6.77. The Hall–Kier alpha value is -1.90. The van der Waals surface area contributed by atoms with E-state index in [1.807, 2.05) is 31.2 Å². The van der Waals surface area contributed by atoms with Crippen molar-refractivity contribution in [2.24, 2.45) is 5.92 Å². The summed E-state index contributed by atoms with van der Waals surface area (Å²) in [6, 6.07) is 7.63. The highest BCUT2D eigenvalue weighted by Gasteiger charge is 2.32. The zero-order chi connectivity index (χ0) is 13.4. The topological polar surface area (TPSA) is 47.3 Å². The zero-order valence-electron chi connectivity index (χ0n) is 10.9. The van der Waals surface area contributed by atoms with Crippen LogP contribution in [-0.2, 0) is 11.2 Å². The summed E-state index contributed by atoms with van der Waals surface area (Å²) in [5.74, 6) is 0.383. The fourth-order valence-corrected chi connectivity index (χ4v) is 2.46. The van der Waals surface area contributed by atoms with Crippen LogP contribution in [0.2, 0.25) is 0 Å². The van der Waals surface area contributed by atoms with Gasteiger partial charge in [0, 0.05) is 16.9 Å². The van der Waals surface area contributed by atoms with Gasteiger partial charge in [0.2, 0.25) is 5.78 Å². The van der Waals surface area contributed by atoms with Crippen molar-refractivity contribution in [3.8, 4) is 0 Å². The Morgan fingerprint density at radius 1 is 1.26 bits per heavy atom. The van der Waals surface area contributed by atoms with E-state index in [0.29, 0.717) is 5.76 Å². The maximum Gasteiger partial charge on any atom is 0.205 e. The highest BCUT2D eigenvalue weighted by molar-refractivity contribution is 6.10. The molecule has 1 fully saturated rings. The molecule has 0 bridgehead atoms. The molecule has 2 aromatic rings. The Morgan fingerprint density at radius 2 is 2.00 bits per heavy atom. The molecule has 1 saturated carbocycles. The van der Waals surface area contributed by atoms with E-state index in [2.05, 4.69) is 0 Å². The van der Waals surface area contributed by atoms with Crippen LogP contribution < -0.4 is 0 Å². The van der Waals surface area contributed by atoms with Crippen LogP contribution in [0.3, 0.4) is 0 Å². The van der Waals surface area contributed by atoms with Gasteiger partial charge in [-0.1, -0.05) is 25.1 Å². The number of benzene rings is 1. The minimum atomic E-state index is -0.176. The van der Waals surface area contributed by atoms with E-state index in [-0.39, 0.29) is 23.9 Å². The number of fused-ring (bicyclic) bond motifs is 1. The van der Waals surface area contributed by atoms with Crippen LogP contribution in [0.1, 0.15) is 42.3 Å². The van der Waals surface area contributed by atoms with Gasteiger partial charge in [-0.2, -0.15) is 0 Å². The van der Waals surface area contributed by atoms with Gasteiger partial charge in [0.05, 0.1) is 6.42 Å². The third kappa shape index (κ3) is 2.21. The van der Waals surface area contributed by atoms with Crippen molar-refractivity contribution in [1.29, 1.82) is 0 Å². The standard InChI is InChI=1S/C16H16O3/c1-2-11-12-5-3-4-6-15(12)19-16(11)14(18)9-13(17)10-7-8-10/h3-6,10H,2,7-9H2,1H3. The summed E-state index contributed by atoms with van der Waals surface area (Å²) in [5.41, 5.74) is 1.64. The lowest BCUT2D eigenvalue weighted by molar-refractivity contribution is -0.119. The molecule has 3 nitrogen and oxygen atoms in total. The third-order valence-corrected chi connectivity index (χ3v) is 3.67. The molecule has 3 rings (SSSR count). The number of rotatable bonds is 5. The average Bonchev–Trinajstić information content (AvgIpc) is 3.19. The fraction of sp³-hybridized carbons (Fsp3) is 0.375. The largest absolute Gasteiger partial charge is 0.453 e. The fourth-order valence-electron chi connectivity index (χ4n) is 2.46. The number of carbonyl (C=O) groups excluding carboxylic acids is 2. The first kappa shape index (κ1) is 12.2. The molecular weight excluding hydrogens is 240 g/mol. The number of para-hydroxylation sites is 1. The van der Waals surface area contributed by atoms with E-state index >= 15 is 0 Å². The number of hydrogen-bond acceptors (Lipinski definition) is 3. The molecule has 0 atom stereocenters. The van der Waals surface area contributed by atoms with Crippen LogP contribution in [-0.4, -0.2) is 11.6 Å². The molecule has 0 saturated heterocycles. The lowest BCUT2D eigenvalue weighted by atomic mass is 10.0. The summed E-state index contributed by atoms with van der Waals surface area (Å²) in [6.45, 7) is 2.00. The van der Waals surface area contributed by atoms with Gasteiger partial charge < -0.3 is 4.42 Å². The lowest BCUT2D eigenvalue weighted by Gasteiger charge is -1.99. The first-order chi connectivity index (χ1) is 9.20. The first-order valence-corrected chi connectivity index (χ1v) is 6.77. The second-order valence-electron chi connectivity index (χ2n) is 5.10. The van der Waals surface area contributed by atoms with Crippen LogP contribution in [0.5, 0.6) is 0 Å². The van der Waals surface area contributed by atoms with Crippen LogP contribution >= 0.6 is 0 Å². The zero-order valence-corrected chi connectivity index (χ0v) is 10.9. The number of aryl methyl sites for hydroxylation is 1. The highest BCUT2D eigenvalue weighted by atomic mass is 16.3. The monoisotopic (exact) mass is 256 g/mol. The number of carbonyl (C=O) groups is 2. The Bertz CT molecular complexity index is 647. The van der Waals surface area contributed by atoms with Crippen LogP contribution in [0, 0.1) is 5.92 Å². The van der Waals surface area contributed by atoms with Crippen molar-refractivity contribution < 1.29 is 14.0 Å². The SMILES string of the molecule is CCc1c(C(=O)CC(=O)C2CC2)oc2ccccc12. The van der Waals surface area contributed by atoms with Gasteiger partial charge in [0.25, 0.3) is 0 Å². The smallest absolute Gasteiger partial charge is 0.205 e. The molecule has 0 N–H and O–H groups in total. The van der Waals surface area contributed by atoms with E-state index in [9.17, 15) is 9.59 Å². The van der Waals surface area contributed by atoms with Gasteiger partial charge in [-0.15, -0.1) is 0 Å². The van der Waals surface area contributed by atoms with Crippen LogP contribution in [0.15, 0.2) is 28.7 Å². The molecule has 98 valence electrons. The highest BCUT2D eigenvalue weighted by Crippen LogP contribution is 2.32. The van der Waals surface area contributed by atoms with Gasteiger partial charge in [-0.3, -0.25) is 9.59 Å². The van der Waals surface area contributed by atoms with Crippen molar-refractivity contribution in [2.45, 2.75) is 32.6 Å². The molecule has 1 aliphatic carbocycles. The van der Waals surface area contributed by atoms with E-state index in [4.69, 9.17) is 4.42 Å². The second-order valence-corrected chi connectivity index (χ2v) is 5.10. The molecule has 0 unspecified atom stereocenters. The molecule has 1 aromatic heterocycles. The molecule has 1 aromatic carbocycles. The molecular formula is C16H16O3. The maximum atomic E-state index is 12.2. The number of ketones is 2. The normalized spacial score (nSPS) is 14.8. The van der Waals surface area contributed by atoms with E-state index in [0.717, 1.165) is 35.8 Å². The van der Waals surface area contributed by atoms with E-state index in [1.54, 1.807) is 0 Å². The molecule has 1 heterocycles. The minimum Gasteiger partial charge on any atom is -0.453 e. The summed E-state index contributed by atoms with van der Waals surface area (Å²) >= 11 is 0. The summed E-state index contributed by atoms with van der Waals surface area (Å²) in [7, 11) is 0. The van der Waals surface area contributed by atoms with Gasteiger partial charge in [-0.25, -0.2) is 0 Å². The molecule has 0 amide bonds. The van der Waals surface area contributed by atoms with Crippen molar-refractivity contribution >= 4 is 22.5 Å². The summed E-state index contributed by atoms with van der Waals surface area (Å²) in [4.78, 5) is 24.0. The Labute approximate surface area is 111 Å². The Balaban J connectivity index is 1.94. The predicted molar refractivity (Wildman–Crippen MR) is 72.3 cm³/mol. The van der Waals surface area contributed by atoms with Gasteiger partial charge in [0.1, 0.15) is 11.4 Å². The summed E-state index contributed by atoms with van der Waals surface area (Å²) in [6.07, 6.45) is 2.59. The Kier molecular flexibility index (Phi) is 2.97. The summed E-state index contributed by atoms with van der Waals surface area (Å²) < 4.78 is 5.65. The third-order valence-electron chi connectivity index (χ3n) is 3.67. The second kappa shape index (κ2) is 4.65. The Morgan fingerprint density at radius 3 is 2.68 bits per heavy atom.